The molecule has 4 rings (SSSR count). The van der Waals surface area contributed by atoms with Gasteiger partial charge >= 0.3 is 0 Å². The van der Waals surface area contributed by atoms with E-state index in [0.29, 0.717) is 31.3 Å². The van der Waals surface area contributed by atoms with Crippen LogP contribution in [0, 0.1) is 5.92 Å². The maximum atomic E-state index is 13.5. The Balaban J connectivity index is 1.32. The molecule has 0 bridgehead atoms. The summed E-state index contributed by atoms with van der Waals surface area (Å²) in [7, 11) is 1.64. The molecule has 2 fully saturated rings. The van der Waals surface area contributed by atoms with Crippen LogP contribution >= 0.6 is 0 Å². The van der Waals surface area contributed by atoms with Gasteiger partial charge in [0.05, 0.1) is 31.9 Å². The number of methoxy groups -OCH3 is 1. The number of hydrogen-bond donors (Lipinski definition) is 0. The number of rotatable bonds is 7. The molecule has 0 radical (unpaired) electrons. The SMILES string of the molecule is COc1ccc(-c2noc(CN3CCN(C(=O)C(C(C)C)N4CC(C)OC(C)C4)CC3)n2)cc1. The fraction of sp³-hybridized carbons (Fsp3) is 0.640. The quantitative estimate of drug-likeness (QED) is 0.609. The molecular formula is C25H37N5O4. The molecule has 2 aliphatic heterocycles. The zero-order chi connectivity index (χ0) is 24.2. The lowest BCUT2D eigenvalue weighted by Crippen LogP contribution is -2.60. The van der Waals surface area contributed by atoms with E-state index in [9.17, 15) is 4.79 Å². The second kappa shape index (κ2) is 10.8. The number of morpholine rings is 1. The van der Waals surface area contributed by atoms with E-state index in [1.807, 2.05) is 29.2 Å². The first-order valence-corrected chi connectivity index (χ1v) is 12.2. The Labute approximate surface area is 202 Å². The zero-order valence-electron chi connectivity index (χ0n) is 20.9. The molecule has 0 saturated carbocycles. The Morgan fingerprint density at radius 2 is 1.74 bits per heavy atom. The van der Waals surface area contributed by atoms with Crippen LogP contribution in [0.2, 0.25) is 0 Å². The van der Waals surface area contributed by atoms with Crippen LogP contribution in [-0.4, -0.2) is 95.4 Å². The molecule has 0 spiro atoms. The third kappa shape index (κ3) is 5.76. The maximum absolute atomic E-state index is 13.5. The second-order valence-corrected chi connectivity index (χ2v) is 9.74. The highest BCUT2D eigenvalue weighted by Crippen LogP contribution is 2.22. The van der Waals surface area contributed by atoms with E-state index in [0.717, 1.165) is 37.5 Å². The van der Waals surface area contributed by atoms with Crippen LogP contribution in [0.1, 0.15) is 33.6 Å². The van der Waals surface area contributed by atoms with Gasteiger partial charge in [0, 0.05) is 44.8 Å². The molecule has 2 aromatic rings. The molecule has 2 aliphatic rings. The molecule has 186 valence electrons. The summed E-state index contributed by atoms with van der Waals surface area (Å²) in [6.07, 6.45) is 0.290. The first-order chi connectivity index (χ1) is 16.3. The minimum absolute atomic E-state index is 0.108. The van der Waals surface area contributed by atoms with Gasteiger partial charge in [0.1, 0.15) is 5.75 Å². The molecule has 2 saturated heterocycles. The zero-order valence-corrected chi connectivity index (χ0v) is 20.9. The highest BCUT2D eigenvalue weighted by atomic mass is 16.5. The van der Waals surface area contributed by atoms with E-state index in [1.165, 1.54) is 0 Å². The highest BCUT2D eigenvalue weighted by Gasteiger charge is 2.37. The minimum Gasteiger partial charge on any atom is -0.497 e. The van der Waals surface area contributed by atoms with Crippen molar-refractivity contribution in [2.24, 2.45) is 5.92 Å². The van der Waals surface area contributed by atoms with Crippen molar-refractivity contribution in [2.45, 2.75) is 52.5 Å². The minimum atomic E-state index is -0.108. The van der Waals surface area contributed by atoms with Gasteiger partial charge in [-0.1, -0.05) is 19.0 Å². The summed E-state index contributed by atoms with van der Waals surface area (Å²) in [5.74, 6) is 2.42. The molecule has 3 unspecified atom stereocenters. The number of amides is 1. The van der Waals surface area contributed by atoms with E-state index in [2.05, 4.69) is 47.6 Å². The first-order valence-electron chi connectivity index (χ1n) is 12.2. The standard InChI is InChI=1S/C25H37N5O4/c1-17(2)23(30-14-18(3)33-19(4)15-30)25(31)29-12-10-28(11-13-29)16-22-26-24(27-34-22)20-6-8-21(32-5)9-7-20/h6-9,17-19,23H,10-16H2,1-5H3. The van der Waals surface area contributed by atoms with Crippen molar-refractivity contribution < 1.29 is 18.8 Å². The Hall–Kier alpha value is -2.49. The van der Waals surface area contributed by atoms with Crippen LogP contribution in [0.4, 0.5) is 0 Å². The van der Waals surface area contributed by atoms with Gasteiger partial charge in [-0.05, 0) is 44.0 Å². The Bertz CT molecular complexity index is 929. The van der Waals surface area contributed by atoms with Crippen LogP contribution in [0.25, 0.3) is 11.4 Å². The number of hydrogen-bond acceptors (Lipinski definition) is 8. The largest absolute Gasteiger partial charge is 0.497 e. The molecular weight excluding hydrogens is 434 g/mol. The number of carbonyl (C=O) groups is 1. The number of piperazine rings is 1. The molecule has 0 N–H and O–H groups in total. The molecule has 9 nitrogen and oxygen atoms in total. The highest BCUT2D eigenvalue weighted by molar-refractivity contribution is 5.82. The van der Waals surface area contributed by atoms with E-state index in [1.54, 1.807) is 7.11 Å². The summed E-state index contributed by atoms with van der Waals surface area (Å²) in [6, 6.07) is 7.48. The fourth-order valence-corrected chi connectivity index (χ4v) is 4.99. The first kappa shape index (κ1) is 24.6. The van der Waals surface area contributed by atoms with Gasteiger partial charge in [0.25, 0.3) is 0 Å². The molecule has 1 amide bonds. The second-order valence-electron chi connectivity index (χ2n) is 9.74. The van der Waals surface area contributed by atoms with Gasteiger partial charge in [-0.2, -0.15) is 4.98 Å². The summed E-state index contributed by atoms with van der Waals surface area (Å²) in [4.78, 5) is 24.6. The summed E-state index contributed by atoms with van der Waals surface area (Å²) in [5, 5.41) is 4.12. The molecule has 34 heavy (non-hydrogen) atoms. The Morgan fingerprint density at radius 1 is 1.09 bits per heavy atom. The van der Waals surface area contributed by atoms with E-state index < -0.39 is 0 Å². The number of nitrogens with zero attached hydrogens (tertiary/aromatic N) is 5. The van der Waals surface area contributed by atoms with Gasteiger partial charge in [-0.25, -0.2) is 0 Å². The summed E-state index contributed by atoms with van der Waals surface area (Å²) >= 11 is 0. The lowest BCUT2D eigenvalue weighted by Gasteiger charge is -2.44. The van der Waals surface area contributed by atoms with Gasteiger partial charge in [0.15, 0.2) is 0 Å². The summed E-state index contributed by atoms with van der Waals surface area (Å²) < 4.78 is 16.6. The Morgan fingerprint density at radius 3 is 2.32 bits per heavy atom. The van der Waals surface area contributed by atoms with Crippen molar-refractivity contribution in [1.29, 1.82) is 0 Å². The van der Waals surface area contributed by atoms with Gasteiger partial charge in [-0.3, -0.25) is 14.6 Å². The average molecular weight is 472 g/mol. The number of carbonyl (C=O) groups excluding carboxylic acids is 1. The molecule has 9 heteroatoms. The van der Waals surface area contributed by atoms with Crippen molar-refractivity contribution in [3.63, 3.8) is 0 Å². The van der Waals surface area contributed by atoms with Crippen LogP contribution in [-0.2, 0) is 16.1 Å². The van der Waals surface area contributed by atoms with Crippen LogP contribution in [0.3, 0.4) is 0 Å². The van der Waals surface area contributed by atoms with Crippen molar-refractivity contribution in [2.75, 3.05) is 46.4 Å². The number of ether oxygens (including phenoxy) is 2. The third-order valence-corrected chi connectivity index (χ3v) is 6.58. The molecule has 3 heterocycles. The van der Waals surface area contributed by atoms with Crippen LogP contribution in [0.5, 0.6) is 5.75 Å². The van der Waals surface area contributed by atoms with E-state index in [4.69, 9.17) is 14.0 Å². The normalized spacial score (nSPS) is 23.3. The fourth-order valence-electron chi connectivity index (χ4n) is 4.99. The number of aromatic nitrogens is 2. The van der Waals surface area contributed by atoms with Crippen molar-refractivity contribution in [3.05, 3.63) is 30.2 Å². The lowest BCUT2D eigenvalue weighted by molar-refractivity contribution is -0.147. The maximum Gasteiger partial charge on any atom is 0.241 e. The smallest absolute Gasteiger partial charge is 0.241 e. The number of benzene rings is 1. The van der Waals surface area contributed by atoms with Crippen molar-refractivity contribution >= 4 is 5.91 Å². The summed E-state index contributed by atoms with van der Waals surface area (Å²) in [6.45, 7) is 13.6. The topological polar surface area (TPSA) is 84.2 Å². The van der Waals surface area contributed by atoms with Crippen molar-refractivity contribution in [1.82, 2.24) is 24.8 Å². The molecule has 0 aliphatic carbocycles. The van der Waals surface area contributed by atoms with Crippen molar-refractivity contribution in [3.8, 4) is 17.1 Å². The predicted molar refractivity (Wildman–Crippen MR) is 128 cm³/mol. The third-order valence-electron chi connectivity index (χ3n) is 6.58. The van der Waals surface area contributed by atoms with E-state index in [-0.39, 0.29) is 30.1 Å². The molecule has 1 aromatic carbocycles. The van der Waals surface area contributed by atoms with Crippen LogP contribution in [0.15, 0.2) is 28.8 Å². The van der Waals surface area contributed by atoms with Gasteiger partial charge in [-0.15, -0.1) is 0 Å². The predicted octanol–water partition coefficient (Wildman–Crippen LogP) is 2.52. The Kier molecular flexibility index (Phi) is 7.85. The molecule has 3 atom stereocenters. The van der Waals surface area contributed by atoms with Gasteiger partial charge in [0.2, 0.25) is 17.6 Å². The van der Waals surface area contributed by atoms with E-state index >= 15 is 0 Å². The lowest BCUT2D eigenvalue weighted by atomic mass is 9.98. The van der Waals surface area contributed by atoms with Gasteiger partial charge < -0.3 is 18.9 Å². The average Bonchev–Trinajstić information content (AvgIpc) is 3.27. The summed E-state index contributed by atoms with van der Waals surface area (Å²) in [5.41, 5.74) is 0.887. The monoisotopic (exact) mass is 471 g/mol. The van der Waals surface area contributed by atoms with Crippen LogP contribution < -0.4 is 4.74 Å². The molecule has 1 aromatic heterocycles.